The maximum Gasteiger partial charge on any atom is 0.328 e. The second-order valence-corrected chi connectivity index (χ2v) is 10.0. The second kappa shape index (κ2) is 8.07. The lowest BCUT2D eigenvalue weighted by molar-refractivity contribution is 0.599. The number of halogens is 2. The highest BCUT2D eigenvalue weighted by Gasteiger charge is 2.20. The molecule has 10 heteroatoms. The lowest BCUT2D eigenvalue weighted by Crippen LogP contribution is -2.19. The summed E-state index contributed by atoms with van der Waals surface area (Å²) in [6.07, 6.45) is 0. The summed E-state index contributed by atoms with van der Waals surface area (Å²) < 4.78 is 44.6. The molecule has 1 heterocycles. The second-order valence-electron chi connectivity index (χ2n) is 6.83. The fourth-order valence-corrected chi connectivity index (χ4v) is 5.48. The molecular formula is C21H17ClFN3O3S2. The average Bonchev–Trinajstić information content (AvgIpc) is 2.94. The number of imidazole rings is 1. The number of aromatic nitrogens is 2. The van der Waals surface area contributed by atoms with E-state index in [0.29, 0.717) is 21.0 Å². The Morgan fingerprint density at radius 2 is 1.55 bits per heavy atom. The average molecular weight is 478 g/mol. The first kappa shape index (κ1) is 21.5. The van der Waals surface area contributed by atoms with E-state index in [-0.39, 0.29) is 16.3 Å². The summed E-state index contributed by atoms with van der Waals surface area (Å²) in [7, 11) is -0.732. The molecule has 1 aromatic heterocycles. The largest absolute Gasteiger partial charge is 0.328 e. The first-order valence-corrected chi connectivity index (χ1v) is 11.8. The lowest BCUT2D eigenvalue weighted by Gasteiger charge is -2.14. The normalized spacial score (nSPS) is 11.7. The minimum atomic E-state index is -4.00. The van der Waals surface area contributed by atoms with Crippen LogP contribution in [-0.4, -0.2) is 17.6 Å². The monoisotopic (exact) mass is 477 g/mol. The predicted octanol–water partition coefficient (Wildman–Crippen LogP) is 4.62. The van der Waals surface area contributed by atoms with Crippen LogP contribution in [-0.2, 0) is 24.1 Å². The zero-order chi connectivity index (χ0) is 22.3. The molecule has 160 valence electrons. The molecule has 0 bridgehead atoms. The van der Waals surface area contributed by atoms with E-state index in [2.05, 4.69) is 4.72 Å². The van der Waals surface area contributed by atoms with Crippen molar-refractivity contribution in [1.29, 1.82) is 0 Å². The van der Waals surface area contributed by atoms with Gasteiger partial charge in [0.15, 0.2) is 0 Å². The summed E-state index contributed by atoms with van der Waals surface area (Å²) in [6, 6.07) is 15.1. The van der Waals surface area contributed by atoms with Gasteiger partial charge in [0, 0.05) is 23.9 Å². The molecule has 1 N–H and O–H groups in total. The summed E-state index contributed by atoms with van der Waals surface area (Å²) in [5.74, 6) is -0.533. The van der Waals surface area contributed by atoms with E-state index >= 15 is 0 Å². The smallest absolute Gasteiger partial charge is 0.295 e. The van der Waals surface area contributed by atoms with Gasteiger partial charge in [0.1, 0.15) is 5.82 Å². The fraction of sp³-hybridized carbons (Fsp3) is 0.0952. The van der Waals surface area contributed by atoms with Gasteiger partial charge in [-0.05, 0) is 48.5 Å². The number of sulfonamides is 1. The molecule has 4 aromatic rings. The van der Waals surface area contributed by atoms with Crippen LogP contribution in [0.3, 0.4) is 0 Å². The van der Waals surface area contributed by atoms with Gasteiger partial charge in [-0.15, -0.1) is 0 Å². The maximum atomic E-state index is 13.2. The molecule has 0 saturated carbocycles. The van der Waals surface area contributed by atoms with Gasteiger partial charge in [0.25, 0.3) is 10.0 Å². The van der Waals surface area contributed by atoms with Crippen LogP contribution in [0, 0.1) is 5.82 Å². The highest BCUT2D eigenvalue weighted by atomic mass is 35.5. The van der Waals surface area contributed by atoms with Crippen LogP contribution in [0.25, 0.3) is 11.0 Å². The van der Waals surface area contributed by atoms with Crippen LogP contribution in [0.2, 0.25) is 5.02 Å². The molecule has 0 aliphatic carbocycles. The van der Waals surface area contributed by atoms with Gasteiger partial charge in [-0.25, -0.2) is 17.6 Å². The zero-order valence-electron chi connectivity index (χ0n) is 16.5. The third-order valence-electron chi connectivity index (χ3n) is 4.80. The van der Waals surface area contributed by atoms with Gasteiger partial charge in [-0.1, -0.05) is 35.5 Å². The topological polar surface area (TPSA) is 73.1 Å². The number of rotatable bonds is 5. The van der Waals surface area contributed by atoms with Crippen molar-refractivity contribution in [2.75, 3.05) is 4.72 Å². The van der Waals surface area contributed by atoms with E-state index < -0.39 is 15.8 Å². The van der Waals surface area contributed by atoms with Gasteiger partial charge in [0.05, 0.1) is 26.6 Å². The van der Waals surface area contributed by atoms with Crippen LogP contribution < -0.4 is 10.4 Å². The van der Waals surface area contributed by atoms with E-state index in [9.17, 15) is 17.6 Å². The molecule has 31 heavy (non-hydrogen) atoms. The summed E-state index contributed by atoms with van der Waals surface area (Å²) in [5, 5.41) is 0.516. The minimum absolute atomic E-state index is 0.0790. The van der Waals surface area contributed by atoms with Crippen molar-refractivity contribution in [3.05, 3.63) is 82.0 Å². The number of hydrogen-bond donors (Lipinski definition) is 1. The highest BCUT2D eigenvalue weighted by molar-refractivity contribution is 7.99. The van der Waals surface area contributed by atoms with Crippen LogP contribution >= 0.6 is 23.4 Å². The van der Waals surface area contributed by atoms with Gasteiger partial charge in [0.2, 0.25) is 0 Å². The van der Waals surface area contributed by atoms with E-state index in [4.69, 9.17) is 11.6 Å². The molecule has 0 saturated heterocycles. The Balaban J connectivity index is 1.87. The molecule has 0 amide bonds. The number of nitrogens with zero attached hydrogens (tertiary/aromatic N) is 2. The molecule has 0 unspecified atom stereocenters. The fourth-order valence-electron chi connectivity index (χ4n) is 3.15. The van der Waals surface area contributed by atoms with Crippen molar-refractivity contribution in [1.82, 2.24) is 9.13 Å². The van der Waals surface area contributed by atoms with E-state index in [1.54, 1.807) is 38.4 Å². The maximum absolute atomic E-state index is 13.2. The lowest BCUT2D eigenvalue weighted by atomic mass is 10.3. The summed E-state index contributed by atoms with van der Waals surface area (Å²) in [6.45, 7) is 0. The van der Waals surface area contributed by atoms with Crippen molar-refractivity contribution < 1.29 is 12.8 Å². The van der Waals surface area contributed by atoms with Crippen LogP contribution in [0.15, 0.2) is 80.1 Å². The van der Waals surface area contributed by atoms with Crippen molar-refractivity contribution in [2.24, 2.45) is 14.1 Å². The molecule has 0 atom stereocenters. The Kier molecular flexibility index (Phi) is 5.59. The minimum Gasteiger partial charge on any atom is -0.295 e. The molecule has 0 aliphatic rings. The van der Waals surface area contributed by atoms with Gasteiger partial charge in [-0.2, -0.15) is 0 Å². The predicted molar refractivity (Wildman–Crippen MR) is 121 cm³/mol. The Labute approximate surface area is 187 Å². The highest BCUT2D eigenvalue weighted by Crippen LogP contribution is 2.39. The third kappa shape index (κ3) is 4.08. The van der Waals surface area contributed by atoms with Gasteiger partial charge >= 0.3 is 5.69 Å². The van der Waals surface area contributed by atoms with Crippen molar-refractivity contribution >= 4 is 50.1 Å². The molecule has 0 aliphatic heterocycles. The Bertz CT molecular complexity index is 1460. The SMILES string of the molecule is Cn1c(=O)n(C)c2cc(Sc3ccccc3Cl)c(NS(=O)(=O)c3ccc(F)cc3)cc21. The van der Waals surface area contributed by atoms with Crippen molar-refractivity contribution in [3.63, 3.8) is 0 Å². The van der Waals surface area contributed by atoms with E-state index in [1.165, 1.54) is 33.0 Å². The molecule has 6 nitrogen and oxygen atoms in total. The molecule has 0 radical (unpaired) electrons. The summed E-state index contributed by atoms with van der Waals surface area (Å²) >= 11 is 7.57. The molecular weight excluding hydrogens is 461 g/mol. The summed E-state index contributed by atoms with van der Waals surface area (Å²) in [5.41, 5.74) is 1.25. The van der Waals surface area contributed by atoms with Crippen LogP contribution in [0.5, 0.6) is 0 Å². The first-order valence-electron chi connectivity index (χ1n) is 9.07. The van der Waals surface area contributed by atoms with Gasteiger partial charge < -0.3 is 0 Å². The van der Waals surface area contributed by atoms with Crippen LogP contribution in [0.1, 0.15) is 0 Å². The quantitative estimate of drug-likeness (QED) is 0.455. The summed E-state index contributed by atoms with van der Waals surface area (Å²) in [4.78, 5) is 13.6. The number of anilines is 1. The molecule has 3 aromatic carbocycles. The Morgan fingerprint density at radius 1 is 0.935 bits per heavy atom. The number of nitrogens with one attached hydrogen (secondary N) is 1. The van der Waals surface area contributed by atoms with Crippen molar-refractivity contribution in [2.45, 2.75) is 14.7 Å². The molecule has 4 rings (SSSR count). The first-order chi connectivity index (χ1) is 14.7. The van der Waals surface area contributed by atoms with Crippen LogP contribution in [0.4, 0.5) is 10.1 Å². The Hall–Kier alpha value is -2.75. The van der Waals surface area contributed by atoms with Gasteiger partial charge in [-0.3, -0.25) is 13.9 Å². The number of aryl methyl sites for hydroxylation is 2. The molecule has 0 spiro atoms. The number of benzene rings is 3. The Morgan fingerprint density at radius 3 is 2.19 bits per heavy atom. The van der Waals surface area contributed by atoms with Crippen molar-refractivity contribution in [3.8, 4) is 0 Å². The third-order valence-corrected chi connectivity index (χ3v) is 7.75. The number of fused-ring (bicyclic) bond motifs is 1. The molecule has 0 fully saturated rings. The standard InChI is InChI=1S/C21H17ClFN3O3S2/c1-25-17-11-16(24-31(28,29)14-9-7-13(23)8-10-14)20(12-18(17)26(2)21(25)27)30-19-6-4-3-5-15(19)22/h3-12,24H,1-2H3. The zero-order valence-corrected chi connectivity index (χ0v) is 18.9. The van der Waals surface area contributed by atoms with E-state index in [1.807, 2.05) is 12.1 Å². The number of hydrogen-bond acceptors (Lipinski definition) is 4. The van der Waals surface area contributed by atoms with E-state index in [0.717, 1.165) is 17.0 Å².